The summed E-state index contributed by atoms with van der Waals surface area (Å²) < 4.78 is 0. The van der Waals surface area contributed by atoms with Crippen LogP contribution in [0.5, 0.6) is 0 Å². The summed E-state index contributed by atoms with van der Waals surface area (Å²) >= 11 is 0. The maximum absolute atomic E-state index is 10.9. The van der Waals surface area contributed by atoms with Gasteiger partial charge in [-0.15, -0.1) is 0 Å². The summed E-state index contributed by atoms with van der Waals surface area (Å²) in [5, 5.41) is 17.8. The van der Waals surface area contributed by atoms with E-state index in [1.807, 2.05) is 0 Å². The molecule has 0 unspecified atom stereocenters. The van der Waals surface area contributed by atoms with Gasteiger partial charge < -0.3 is 10.2 Å². The Hall–Kier alpha value is 0.576. The fourth-order valence-corrected chi connectivity index (χ4v) is 1.48. The number of carboxylic acid groups (broad SMARTS) is 2. The first-order chi connectivity index (χ1) is 5.89. The van der Waals surface area contributed by atoms with Crippen molar-refractivity contribution >= 4 is 63.3 Å². The van der Waals surface area contributed by atoms with Gasteiger partial charge in [0.1, 0.15) is 0 Å². The molecular weight excluding hydrogens is 211 g/mol. The van der Waals surface area contributed by atoms with E-state index in [1.165, 1.54) is 0 Å². The van der Waals surface area contributed by atoms with Crippen LogP contribution in [-0.2, 0) is 9.59 Å². The number of carbonyl (C=O) groups is 2. The first kappa shape index (κ1) is 17.0. The average Bonchev–Trinajstić information content (AvgIpc) is 1.97. The molecule has 0 aliphatic heterocycles. The van der Waals surface area contributed by atoms with Gasteiger partial charge in [-0.2, -0.15) is 0 Å². The van der Waals surface area contributed by atoms with Crippen LogP contribution in [0, 0.1) is 11.3 Å². The topological polar surface area (TPSA) is 74.6 Å². The molecule has 0 aromatic heterocycles. The molecular formula is C9H17KO4. The Bertz CT molecular complexity index is 199. The summed E-state index contributed by atoms with van der Waals surface area (Å²) in [5.41, 5.74) is -1.62. The molecule has 0 heterocycles. The summed E-state index contributed by atoms with van der Waals surface area (Å²) in [6.07, 6.45) is 0.728. The Morgan fingerprint density at radius 2 is 1.57 bits per heavy atom. The average molecular weight is 228 g/mol. The Morgan fingerprint density at radius 1 is 1.21 bits per heavy atom. The third kappa shape index (κ3) is 3.31. The van der Waals surface area contributed by atoms with E-state index >= 15 is 0 Å². The van der Waals surface area contributed by atoms with Crippen LogP contribution in [-0.4, -0.2) is 73.5 Å². The van der Waals surface area contributed by atoms with Crippen molar-refractivity contribution in [3.05, 3.63) is 0 Å². The molecule has 0 atom stereocenters. The van der Waals surface area contributed by atoms with Gasteiger partial charge in [0.25, 0.3) is 0 Å². The second-order valence-electron chi connectivity index (χ2n) is 3.49. The Morgan fingerprint density at radius 3 is 1.64 bits per heavy atom. The molecule has 0 saturated heterocycles. The molecule has 0 radical (unpaired) electrons. The molecule has 4 nitrogen and oxygen atoms in total. The van der Waals surface area contributed by atoms with Gasteiger partial charge in [0, 0.05) is 0 Å². The van der Waals surface area contributed by atoms with Gasteiger partial charge in [-0.1, -0.05) is 27.2 Å². The zero-order valence-corrected chi connectivity index (χ0v) is 8.20. The molecule has 0 rings (SSSR count). The minimum absolute atomic E-state index is 0. The van der Waals surface area contributed by atoms with Crippen LogP contribution in [0.3, 0.4) is 0 Å². The van der Waals surface area contributed by atoms with Gasteiger partial charge in [-0.3, -0.25) is 9.59 Å². The summed E-state index contributed by atoms with van der Waals surface area (Å²) in [7, 11) is 0. The zero-order chi connectivity index (χ0) is 10.6. The molecule has 0 aromatic rings. The molecule has 0 aliphatic carbocycles. The minimum atomic E-state index is -1.62. The predicted molar refractivity (Wildman–Crippen MR) is 54.6 cm³/mol. The Balaban J connectivity index is 0. The summed E-state index contributed by atoms with van der Waals surface area (Å²) in [6.45, 7) is 5.03. The van der Waals surface area contributed by atoms with Crippen LogP contribution in [0.1, 0.15) is 33.6 Å². The normalized spacial score (nSPS) is 10.9. The monoisotopic (exact) mass is 228 g/mol. The van der Waals surface area contributed by atoms with E-state index in [9.17, 15) is 9.59 Å². The molecule has 0 amide bonds. The third-order valence-electron chi connectivity index (χ3n) is 2.39. The second-order valence-corrected chi connectivity index (χ2v) is 3.49. The Kier molecular flexibility index (Phi) is 8.43. The van der Waals surface area contributed by atoms with Crippen LogP contribution in [0.4, 0.5) is 0 Å². The van der Waals surface area contributed by atoms with E-state index in [0.717, 1.165) is 0 Å². The van der Waals surface area contributed by atoms with Gasteiger partial charge in [0.2, 0.25) is 0 Å². The molecule has 2 N–H and O–H groups in total. The predicted octanol–water partition coefficient (Wildman–Crippen LogP) is 0.950. The first-order valence-corrected chi connectivity index (χ1v) is 4.36. The molecule has 0 spiro atoms. The van der Waals surface area contributed by atoms with Gasteiger partial charge >= 0.3 is 63.3 Å². The summed E-state index contributed by atoms with van der Waals surface area (Å²) in [5.74, 6) is -2.88. The second kappa shape index (κ2) is 6.95. The maximum atomic E-state index is 10.9. The standard InChI is InChI=1S/C9H16O4.K.H/c1-4-5-9(6(2)3,7(10)11)8(12)13;;/h6H,4-5H2,1-3H3,(H,10,11)(H,12,13);;. The fraction of sp³-hybridized carbons (Fsp3) is 0.778. The van der Waals surface area contributed by atoms with Gasteiger partial charge in [-0.25, -0.2) is 0 Å². The van der Waals surface area contributed by atoms with Crippen molar-refractivity contribution in [2.45, 2.75) is 33.6 Å². The molecule has 14 heavy (non-hydrogen) atoms. The first-order valence-electron chi connectivity index (χ1n) is 4.36. The Labute approximate surface area is 126 Å². The van der Waals surface area contributed by atoms with E-state index in [0.29, 0.717) is 6.42 Å². The number of aliphatic carboxylic acids is 2. The van der Waals surface area contributed by atoms with Crippen molar-refractivity contribution in [1.82, 2.24) is 0 Å². The van der Waals surface area contributed by atoms with Crippen molar-refractivity contribution in [2.24, 2.45) is 11.3 Å². The number of hydrogen-bond donors (Lipinski definition) is 2. The molecule has 0 saturated carbocycles. The molecule has 0 aromatic carbocycles. The van der Waals surface area contributed by atoms with Crippen LogP contribution in [0.2, 0.25) is 0 Å². The van der Waals surface area contributed by atoms with Crippen LogP contribution >= 0.6 is 0 Å². The van der Waals surface area contributed by atoms with Crippen molar-refractivity contribution in [3.63, 3.8) is 0 Å². The summed E-state index contributed by atoms with van der Waals surface area (Å²) in [4.78, 5) is 21.8. The molecule has 5 heteroatoms. The van der Waals surface area contributed by atoms with Crippen LogP contribution < -0.4 is 0 Å². The quantitative estimate of drug-likeness (QED) is 0.542. The number of rotatable bonds is 5. The van der Waals surface area contributed by atoms with Crippen LogP contribution in [0.15, 0.2) is 0 Å². The fourth-order valence-electron chi connectivity index (χ4n) is 1.48. The van der Waals surface area contributed by atoms with E-state index in [-0.39, 0.29) is 57.8 Å². The van der Waals surface area contributed by atoms with E-state index < -0.39 is 23.3 Å². The summed E-state index contributed by atoms with van der Waals surface area (Å²) in [6, 6.07) is 0. The van der Waals surface area contributed by atoms with E-state index in [1.54, 1.807) is 20.8 Å². The van der Waals surface area contributed by atoms with Gasteiger partial charge in [0.15, 0.2) is 5.41 Å². The van der Waals surface area contributed by atoms with E-state index in [2.05, 4.69) is 0 Å². The molecule has 78 valence electrons. The third-order valence-corrected chi connectivity index (χ3v) is 2.39. The van der Waals surface area contributed by atoms with Crippen molar-refractivity contribution < 1.29 is 19.8 Å². The zero-order valence-electron chi connectivity index (χ0n) is 8.20. The molecule has 0 fully saturated rings. The molecule has 0 aliphatic rings. The van der Waals surface area contributed by atoms with Gasteiger partial charge in [0.05, 0.1) is 0 Å². The van der Waals surface area contributed by atoms with E-state index in [4.69, 9.17) is 10.2 Å². The van der Waals surface area contributed by atoms with Crippen molar-refractivity contribution in [1.29, 1.82) is 0 Å². The number of carboxylic acids is 2. The van der Waals surface area contributed by atoms with Gasteiger partial charge in [-0.05, 0) is 12.3 Å². The SMILES string of the molecule is CCCC(C(=O)O)(C(=O)O)C(C)C.[KH]. The van der Waals surface area contributed by atoms with Crippen LogP contribution in [0.25, 0.3) is 0 Å². The molecule has 0 bridgehead atoms. The van der Waals surface area contributed by atoms with Crippen molar-refractivity contribution in [2.75, 3.05) is 0 Å². The number of hydrogen-bond acceptors (Lipinski definition) is 2. The van der Waals surface area contributed by atoms with Crippen molar-refractivity contribution in [3.8, 4) is 0 Å².